The van der Waals surface area contributed by atoms with Gasteiger partial charge in [0.25, 0.3) is 0 Å². The summed E-state index contributed by atoms with van der Waals surface area (Å²) in [5.41, 5.74) is 2.97. The molecule has 1 atom stereocenters. The highest BCUT2D eigenvalue weighted by molar-refractivity contribution is 9.10. The van der Waals surface area contributed by atoms with Crippen LogP contribution in [-0.4, -0.2) is 9.97 Å². The summed E-state index contributed by atoms with van der Waals surface area (Å²) in [6, 6.07) is 12.0. The Labute approximate surface area is 110 Å². The molecule has 0 aliphatic carbocycles. The molecule has 0 amide bonds. The molecule has 0 saturated carbocycles. The monoisotopic (exact) mass is 290 g/mol. The minimum absolute atomic E-state index is 0.488. The van der Waals surface area contributed by atoms with Gasteiger partial charge in [-0.05, 0) is 52.5 Å². The summed E-state index contributed by atoms with van der Waals surface area (Å²) < 4.78 is 0.839. The van der Waals surface area contributed by atoms with E-state index in [1.807, 2.05) is 30.3 Å². The Kier molecular flexibility index (Phi) is 3.89. The Morgan fingerprint density at radius 1 is 1.06 bits per heavy atom. The summed E-state index contributed by atoms with van der Waals surface area (Å²) in [7, 11) is 0. The van der Waals surface area contributed by atoms with Crippen LogP contribution in [0.2, 0.25) is 0 Å². The van der Waals surface area contributed by atoms with Crippen LogP contribution in [0.5, 0.6) is 0 Å². The van der Waals surface area contributed by atoms with E-state index in [-0.39, 0.29) is 0 Å². The average Bonchev–Trinajstić information content (AvgIpc) is 2.38. The van der Waals surface area contributed by atoms with Gasteiger partial charge in [-0.25, -0.2) is 4.98 Å². The molecule has 0 saturated heterocycles. The Balaban J connectivity index is 2.39. The first kappa shape index (κ1) is 12.2. The molecule has 2 aromatic heterocycles. The Morgan fingerprint density at radius 3 is 2.35 bits per heavy atom. The lowest BCUT2D eigenvalue weighted by atomic mass is 10.0. The van der Waals surface area contributed by atoms with E-state index in [0.29, 0.717) is 5.92 Å². The second-order valence-corrected chi connectivity index (χ2v) is 4.92. The smallest absolute Gasteiger partial charge is 0.106 e. The van der Waals surface area contributed by atoms with Gasteiger partial charge in [0.2, 0.25) is 0 Å². The van der Waals surface area contributed by atoms with Crippen LogP contribution in [0.25, 0.3) is 11.4 Å². The van der Waals surface area contributed by atoms with Crippen LogP contribution in [0, 0.1) is 0 Å². The molecule has 0 radical (unpaired) electrons. The van der Waals surface area contributed by atoms with Crippen LogP contribution >= 0.6 is 15.9 Å². The van der Waals surface area contributed by atoms with Crippen LogP contribution in [0.3, 0.4) is 0 Å². The highest BCUT2D eigenvalue weighted by Gasteiger charge is 2.07. The number of halogens is 1. The second kappa shape index (κ2) is 5.41. The van der Waals surface area contributed by atoms with Crippen molar-refractivity contribution in [1.29, 1.82) is 0 Å². The molecule has 0 fully saturated rings. The van der Waals surface area contributed by atoms with Crippen LogP contribution < -0.4 is 0 Å². The van der Waals surface area contributed by atoms with Crippen molar-refractivity contribution in [2.24, 2.45) is 0 Å². The van der Waals surface area contributed by atoms with Crippen LogP contribution in [-0.2, 0) is 0 Å². The maximum atomic E-state index is 4.67. The molecule has 88 valence electrons. The molecule has 0 aliphatic rings. The topological polar surface area (TPSA) is 25.8 Å². The zero-order valence-electron chi connectivity index (χ0n) is 10.0. The first-order chi connectivity index (χ1) is 8.20. The van der Waals surface area contributed by atoms with E-state index >= 15 is 0 Å². The predicted molar refractivity (Wildman–Crippen MR) is 73.9 cm³/mol. The van der Waals surface area contributed by atoms with Crippen molar-refractivity contribution >= 4 is 15.9 Å². The molecular formula is C14H15BrN2. The van der Waals surface area contributed by atoms with Gasteiger partial charge in [0.05, 0.1) is 11.4 Å². The first-order valence-electron chi connectivity index (χ1n) is 5.80. The predicted octanol–water partition coefficient (Wildman–Crippen LogP) is 4.42. The van der Waals surface area contributed by atoms with Crippen molar-refractivity contribution in [3.05, 3.63) is 46.7 Å². The lowest BCUT2D eigenvalue weighted by Crippen LogP contribution is -1.97. The van der Waals surface area contributed by atoms with Crippen LogP contribution in [0.1, 0.15) is 31.9 Å². The van der Waals surface area contributed by atoms with Gasteiger partial charge in [-0.15, -0.1) is 0 Å². The summed E-state index contributed by atoms with van der Waals surface area (Å²) in [6.45, 7) is 4.37. The van der Waals surface area contributed by atoms with Gasteiger partial charge in [0.15, 0.2) is 0 Å². The zero-order chi connectivity index (χ0) is 12.3. The molecule has 1 unspecified atom stereocenters. The van der Waals surface area contributed by atoms with E-state index in [4.69, 9.17) is 0 Å². The fourth-order valence-corrected chi connectivity index (χ4v) is 1.97. The Morgan fingerprint density at radius 2 is 1.71 bits per heavy atom. The first-order valence-corrected chi connectivity index (χ1v) is 6.60. The number of aromatic nitrogens is 2. The minimum atomic E-state index is 0.488. The highest BCUT2D eigenvalue weighted by Crippen LogP contribution is 2.21. The van der Waals surface area contributed by atoms with E-state index in [9.17, 15) is 0 Å². The average molecular weight is 291 g/mol. The maximum absolute atomic E-state index is 4.67. The maximum Gasteiger partial charge on any atom is 0.106 e. The molecule has 2 aromatic rings. The third kappa shape index (κ3) is 2.91. The van der Waals surface area contributed by atoms with Gasteiger partial charge in [-0.1, -0.05) is 26.0 Å². The molecule has 3 heteroatoms. The van der Waals surface area contributed by atoms with Gasteiger partial charge in [-0.3, -0.25) is 4.98 Å². The summed E-state index contributed by atoms with van der Waals surface area (Å²) in [5, 5.41) is 0. The number of nitrogens with zero attached hydrogens (tertiary/aromatic N) is 2. The molecule has 0 N–H and O–H groups in total. The van der Waals surface area contributed by atoms with E-state index in [1.165, 1.54) is 0 Å². The van der Waals surface area contributed by atoms with E-state index in [0.717, 1.165) is 28.1 Å². The van der Waals surface area contributed by atoms with Crippen molar-refractivity contribution in [2.45, 2.75) is 26.2 Å². The van der Waals surface area contributed by atoms with E-state index in [1.54, 1.807) is 0 Å². The molecule has 0 aromatic carbocycles. The Hall–Kier alpha value is -1.22. The van der Waals surface area contributed by atoms with Crippen molar-refractivity contribution in [3.8, 4) is 11.4 Å². The second-order valence-electron chi connectivity index (χ2n) is 4.10. The summed E-state index contributed by atoms with van der Waals surface area (Å²) in [4.78, 5) is 9.10. The number of pyridine rings is 2. The van der Waals surface area contributed by atoms with Gasteiger partial charge >= 0.3 is 0 Å². The van der Waals surface area contributed by atoms with Gasteiger partial charge in [0, 0.05) is 5.69 Å². The third-order valence-corrected chi connectivity index (χ3v) is 3.31. The lowest BCUT2D eigenvalue weighted by Gasteiger charge is -2.09. The fraction of sp³-hybridized carbons (Fsp3) is 0.286. The van der Waals surface area contributed by atoms with Crippen molar-refractivity contribution in [3.63, 3.8) is 0 Å². The van der Waals surface area contributed by atoms with Crippen molar-refractivity contribution < 1.29 is 0 Å². The van der Waals surface area contributed by atoms with E-state index < -0.39 is 0 Å². The minimum Gasteiger partial charge on any atom is -0.251 e. The molecule has 2 rings (SSSR count). The summed E-state index contributed by atoms with van der Waals surface area (Å²) >= 11 is 3.38. The van der Waals surface area contributed by atoms with E-state index in [2.05, 4.69) is 45.8 Å². The fourth-order valence-electron chi connectivity index (χ4n) is 1.63. The number of hydrogen-bond acceptors (Lipinski definition) is 2. The molecule has 2 nitrogen and oxygen atoms in total. The molecule has 0 aliphatic heterocycles. The molecule has 0 spiro atoms. The zero-order valence-corrected chi connectivity index (χ0v) is 11.6. The summed E-state index contributed by atoms with van der Waals surface area (Å²) in [6.07, 6.45) is 1.10. The molecule has 0 bridgehead atoms. The molecular weight excluding hydrogens is 276 g/mol. The molecule has 17 heavy (non-hydrogen) atoms. The highest BCUT2D eigenvalue weighted by atomic mass is 79.9. The van der Waals surface area contributed by atoms with Gasteiger partial charge < -0.3 is 0 Å². The number of rotatable bonds is 3. The lowest BCUT2D eigenvalue weighted by molar-refractivity contribution is 0.709. The van der Waals surface area contributed by atoms with Crippen LogP contribution in [0.4, 0.5) is 0 Å². The Bertz CT molecular complexity index is 511. The normalized spacial score (nSPS) is 12.4. The summed E-state index contributed by atoms with van der Waals surface area (Å²) in [5.74, 6) is 0.488. The standard InChI is InChI=1S/C14H15BrN2/c1-3-10(2)11-6-4-7-12(16-11)13-8-5-9-14(15)17-13/h4-10H,3H2,1-2H3. The quantitative estimate of drug-likeness (QED) is 0.782. The van der Waals surface area contributed by atoms with Crippen molar-refractivity contribution in [2.75, 3.05) is 0 Å². The largest absolute Gasteiger partial charge is 0.251 e. The van der Waals surface area contributed by atoms with Gasteiger partial charge in [-0.2, -0.15) is 0 Å². The SMILES string of the molecule is CCC(C)c1cccc(-c2cccc(Br)n2)n1. The molecule has 2 heterocycles. The van der Waals surface area contributed by atoms with Crippen molar-refractivity contribution in [1.82, 2.24) is 9.97 Å². The van der Waals surface area contributed by atoms with Crippen LogP contribution in [0.15, 0.2) is 41.0 Å². The third-order valence-electron chi connectivity index (χ3n) is 2.87. The van der Waals surface area contributed by atoms with Gasteiger partial charge in [0.1, 0.15) is 4.60 Å². The number of hydrogen-bond donors (Lipinski definition) is 0.